The number of nitrogens with zero attached hydrogens (tertiary/aromatic N) is 1. The summed E-state index contributed by atoms with van der Waals surface area (Å²) >= 11 is 0. The molecule has 4 rings (SSSR count). The number of aliphatic hydroxyl groups excluding tert-OH is 1. The monoisotopic (exact) mass is 549 g/mol. The van der Waals surface area contributed by atoms with Gasteiger partial charge in [0.05, 0.1) is 25.7 Å². The molecule has 0 bridgehead atoms. The summed E-state index contributed by atoms with van der Waals surface area (Å²) in [5.74, 6) is -4.38. The Kier molecular flexibility index (Phi) is 9.63. The molecule has 3 aromatic rings. The maximum atomic E-state index is 13.2. The van der Waals surface area contributed by atoms with Crippen LogP contribution in [0.5, 0.6) is 0 Å². The molecule has 40 heavy (non-hydrogen) atoms. The fourth-order valence-electron chi connectivity index (χ4n) is 4.37. The van der Waals surface area contributed by atoms with Crippen LogP contribution in [0.25, 0.3) is 11.1 Å². The number of esters is 2. The van der Waals surface area contributed by atoms with Crippen molar-refractivity contribution in [2.24, 2.45) is 11.8 Å². The Morgan fingerprint density at radius 1 is 1.10 bits per heavy atom. The summed E-state index contributed by atoms with van der Waals surface area (Å²) in [6.07, 6.45) is 3.68. The molecule has 4 atom stereocenters. The number of aromatic nitrogens is 1. The number of amides is 2. The van der Waals surface area contributed by atoms with Crippen LogP contribution < -0.4 is 10.6 Å². The van der Waals surface area contributed by atoms with Crippen molar-refractivity contribution >= 4 is 34.9 Å². The number of carbonyl (C=O) groups excluding carboxylic acids is 4. The number of aliphatic hydroxyl groups is 1. The number of benzene rings is 2. The number of methoxy groups -OCH3 is 1. The number of hydrogen-bond acceptors (Lipinski definition) is 9. The number of ether oxygens (including phenoxy) is 2. The first kappa shape index (κ1) is 28.5. The molecule has 210 valence electrons. The highest BCUT2D eigenvalue weighted by atomic mass is 16.5. The van der Waals surface area contributed by atoms with E-state index in [1.807, 2.05) is 18.2 Å². The first-order valence-electron chi connectivity index (χ1n) is 12.9. The van der Waals surface area contributed by atoms with Gasteiger partial charge in [-0.1, -0.05) is 54.6 Å². The number of cyclic esters (lactones) is 1. The Morgan fingerprint density at radius 3 is 2.55 bits per heavy atom. The largest absolute Gasteiger partial charge is 0.467 e. The van der Waals surface area contributed by atoms with Crippen molar-refractivity contribution < 1.29 is 38.2 Å². The Morgan fingerprint density at radius 2 is 1.82 bits per heavy atom. The third-order valence-electron chi connectivity index (χ3n) is 6.58. The lowest BCUT2D eigenvalue weighted by Gasteiger charge is -2.24. The molecule has 0 aliphatic carbocycles. The van der Waals surface area contributed by atoms with E-state index < -0.39 is 54.3 Å². The number of oxazole rings is 1. The van der Waals surface area contributed by atoms with Gasteiger partial charge in [0.25, 0.3) is 0 Å². The highest BCUT2D eigenvalue weighted by Crippen LogP contribution is 2.21. The lowest BCUT2D eigenvalue weighted by molar-refractivity contribution is -0.155. The summed E-state index contributed by atoms with van der Waals surface area (Å²) in [4.78, 5) is 56.2. The first-order chi connectivity index (χ1) is 19.4. The normalized spacial score (nSPS) is 20.9. The zero-order valence-electron chi connectivity index (χ0n) is 21.9. The topological polar surface area (TPSA) is 157 Å². The molecule has 0 radical (unpaired) electrons. The minimum Gasteiger partial charge on any atom is -0.467 e. The van der Waals surface area contributed by atoms with Gasteiger partial charge in [-0.2, -0.15) is 0 Å². The van der Waals surface area contributed by atoms with Gasteiger partial charge in [-0.25, -0.2) is 9.78 Å². The van der Waals surface area contributed by atoms with Crippen LogP contribution in [-0.2, 0) is 35.1 Å². The maximum Gasteiger partial charge on any atom is 0.331 e. The minimum atomic E-state index is -1.33. The average molecular weight is 550 g/mol. The third kappa shape index (κ3) is 7.11. The Bertz CT molecular complexity index is 1340. The Hall–Kier alpha value is -4.51. The molecule has 3 unspecified atom stereocenters. The molecule has 11 nitrogen and oxygen atoms in total. The second kappa shape index (κ2) is 13.5. The predicted octanol–water partition coefficient (Wildman–Crippen LogP) is 2.00. The number of hydrogen-bond donors (Lipinski definition) is 3. The van der Waals surface area contributed by atoms with Crippen LogP contribution in [0.15, 0.2) is 71.2 Å². The molecule has 2 amide bonds. The smallest absolute Gasteiger partial charge is 0.331 e. The van der Waals surface area contributed by atoms with E-state index in [1.54, 1.807) is 48.6 Å². The predicted molar refractivity (Wildman–Crippen MR) is 142 cm³/mol. The SMILES string of the molecule is COC(=O)C1COC(=O)C(Cc2nc3ccccc3o2)CC=CCC(C(=O)N[C@@H](CO)c2ccccc2)C(=O)N1. The summed E-state index contributed by atoms with van der Waals surface area (Å²) in [6.45, 7) is -0.860. The fourth-order valence-corrected chi connectivity index (χ4v) is 4.37. The van der Waals surface area contributed by atoms with Crippen molar-refractivity contribution in [3.05, 3.63) is 78.2 Å². The molecule has 2 heterocycles. The van der Waals surface area contributed by atoms with Crippen LogP contribution in [0, 0.1) is 11.8 Å². The molecule has 2 aromatic carbocycles. The zero-order valence-corrected chi connectivity index (χ0v) is 21.9. The second-order valence-corrected chi connectivity index (χ2v) is 9.34. The van der Waals surface area contributed by atoms with Crippen LogP contribution in [0.2, 0.25) is 0 Å². The minimum absolute atomic E-state index is 0.0108. The van der Waals surface area contributed by atoms with Crippen LogP contribution in [-0.4, -0.2) is 60.2 Å². The highest BCUT2D eigenvalue weighted by molar-refractivity contribution is 6.01. The fraction of sp³-hybridized carbons (Fsp3) is 0.345. The van der Waals surface area contributed by atoms with Gasteiger partial charge in [-0.3, -0.25) is 14.4 Å². The van der Waals surface area contributed by atoms with Crippen molar-refractivity contribution in [1.29, 1.82) is 0 Å². The van der Waals surface area contributed by atoms with Gasteiger partial charge in [0.2, 0.25) is 11.8 Å². The summed E-state index contributed by atoms with van der Waals surface area (Å²) in [5, 5.41) is 15.0. The van der Waals surface area contributed by atoms with Crippen LogP contribution in [0.4, 0.5) is 0 Å². The quantitative estimate of drug-likeness (QED) is 0.228. The summed E-state index contributed by atoms with van der Waals surface area (Å²) in [6, 6.07) is 14.0. The Balaban J connectivity index is 1.54. The van der Waals surface area contributed by atoms with E-state index in [9.17, 15) is 24.3 Å². The number of allylic oxidation sites excluding steroid dienone is 2. The molecule has 0 spiro atoms. The molecule has 0 fully saturated rings. The standard InChI is InChI=1S/C29H31N3O8/c1-38-29(37)23-17-39-28(36)19(15-25-30-21-13-7-8-14-24(21)40-25)11-5-6-12-20(27(35)32-23)26(34)31-22(16-33)18-9-3-2-4-10-18/h2-10,13-14,19-20,22-23,33H,11-12,15-17H2,1H3,(H,31,34)(H,32,35)/t19?,20?,22-,23?/m0/s1. The summed E-state index contributed by atoms with van der Waals surface area (Å²) in [5.41, 5.74) is 1.92. The van der Waals surface area contributed by atoms with Crippen molar-refractivity contribution in [3.8, 4) is 0 Å². The summed E-state index contributed by atoms with van der Waals surface area (Å²) < 4.78 is 15.9. The van der Waals surface area contributed by atoms with Gasteiger partial charge in [-0.15, -0.1) is 0 Å². The lowest BCUT2D eigenvalue weighted by atomic mass is 9.97. The van der Waals surface area contributed by atoms with E-state index in [1.165, 1.54) is 0 Å². The summed E-state index contributed by atoms with van der Waals surface area (Å²) in [7, 11) is 1.14. The first-order valence-corrected chi connectivity index (χ1v) is 12.9. The van der Waals surface area contributed by atoms with Gasteiger partial charge in [-0.05, 0) is 30.5 Å². The van der Waals surface area contributed by atoms with E-state index in [2.05, 4.69) is 15.6 Å². The van der Waals surface area contributed by atoms with Gasteiger partial charge >= 0.3 is 11.9 Å². The average Bonchev–Trinajstić information content (AvgIpc) is 3.39. The van der Waals surface area contributed by atoms with Crippen LogP contribution in [0.3, 0.4) is 0 Å². The zero-order chi connectivity index (χ0) is 28.5. The van der Waals surface area contributed by atoms with Crippen LogP contribution >= 0.6 is 0 Å². The molecule has 11 heteroatoms. The van der Waals surface area contributed by atoms with E-state index in [4.69, 9.17) is 13.9 Å². The van der Waals surface area contributed by atoms with Crippen LogP contribution in [0.1, 0.15) is 30.3 Å². The molecule has 0 saturated heterocycles. The number of fused-ring (bicyclic) bond motifs is 1. The molecule has 0 saturated carbocycles. The highest BCUT2D eigenvalue weighted by Gasteiger charge is 2.33. The molecule has 1 aliphatic heterocycles. The van der Waals surface area contributed by atoms with Gasteiger partial charge in [0, 0.05) is 6.42 Å². The number of nitrogens with one attached hydrogen (secondary N) is 2. The maximum absolute atomic E-state index is 13.2. The van der Waals surface area contributed by atoms with Gasteiger partial charge < -0.3 is 29.6 Å². The van der Waals surface area contributed by atoms with Crippen molar-refractivity contribution in [1.82, 2.24) is 15.6 Å². The van der Waals surface area contributed by atoms with Crippen molar-refractivity contribution in [2.75, 3.05) is 20.3 Å². The number of carbonyl (C=O) groups is 4. The third-order valence-corrected chi connectivity index (χ3v) is 6.58. The number of rotatable bonds is 7. The molecular weight excluding hydrogens is 518 g/mol. The van der Waals surface area contributed by atoms with E-state index >= 15 is 0 Å². The van der Waals surface area contributed by atoms with Crippen molar-refractivity contribution in [3.63, 3.8) is 0 Å². The molecule has 1 aromatic heterocycles. The van der Waals surface area contributed by atoms with Gasteiger partial charge in [0.1, 0.15) is 18.0 Å². The van der Waals surface area contributed by atoms with Crippen molar-refractivity contribution in [2.45, 2.75) is 31.3 Å². The van der Waals surface area contributed by atoms with E-state index in [0.717, 1.165) is 7.11 Å². The molecule has 3 N–H and O–H groups in total. The lowest BCUT2D eigenvalue weighted by Crippen LogP contribution is -2.50. The molecular formula is C29H31N3O8. The van der Waals surface area contributed by atoms with E-state index in [-0.39, 0.29) is 25.9 Å². The second-order valence-electron chi connectivity index (χ2n) is 9.34. The van der Waals surface area contributed by atoms with E-state index in [0.29, 0.717) is 22.6 Å². The number of para-hydroxylation sites is 2. The molecule has 1 aliphatic rings. The van der Waals surface area contributed by atoms with Gasteiger partial charge in [0.15, 0.2) is 17.5 Å². The Labute approximate surface area is 230 Å².